The van der Waals surface area contributed by atoms with E-state index in [0.717, 1.165) is 6.08 Å². The fourth-order valence-corrected chi connectivity index (χ4v) is 0.784. The summed E-state index contributed by atoms with van der Waals surface area (Å²) in [5.74, 6) is 0.287. The largest absolute Gasteiger partial charge is 0.502 e. The molecule has 0 atom stereocenters. The van der Waals surface area contributed by atoms with Crippen molar-refractivity contribution in [1.82, 2.24) is 0 Å². The molecule has 1 rings (SSSR count). The van der Waals surface area contributed by atoms with E-state index in [-0.39, 0.29) is 5.98 Å². The summed E-state index contributed by atoms with van der Waals surface area (Å²) < 4.78 is 35.2. The first-order valence-corrected chi connectivity index (χ1v) is 3.52. The van der Waals surface area contributed by atoms with E-state index < -0.39 is 6.98 Å². The molecular formula is C8H7BF3-. The maximum atomic E-state index is 11.7. The third kappa shape index (κ3) is 3.28. The highest BCUT2D eigenvalue weighted by Gasteiger charge is 2.16. The second-order valence-corrected chi connectivity index (χ2v) is 2.40. The number of hydrogen-bond acceptors (Lipinski definition) is 0. The highest BCUT2D eigenvalue weighted by Crippen LogP contribution is 2.12. The lowest BCUT2D eigenvalue weighted by molar-refractivity contribution is 0.499. The van der Waals surface area contributed by atoms with Crippen LogP contribution in [0, 0.1) is 0 Å². The van der Waals surface area contributed by atoms with Gasteiger partial charge < -0.3 is 12.9 Å². The fourth-order valence-electron chi connectivity index (χ4n) is 0.784. The van der Waals surface area contributed by atoms with Gasteiger partial charge in [-0.3, -0.25) is 0 Å². The normalized spacial score (nSPS) is 12.2. The molecule has 0 N–H and O–H groups in total. The van der Waals surface area contributed by atoms with Crippen LogP contribution in [0.5, 0.6) is 0 Å². The van der Waals surface area contributed by atoms with E-state index in [9.17, 15) is 12.9 Å². The summed E-state index contributed by atoms with van der Waals surface area (Å²) in [5, 5.41) is 0. The van der Waals surface area contributed by atoms with E-state index in [1.54, 1.807) is 30.3 Å². The van der Waals surface area contributed by atoms with Crippen LogP contribution < -0.4 is 0 Å². The second kappa shape index (κ2) is 3.47. The standard InChI is InChI=1S/C8H7BF3/c10-9(11,12)7-6-8-4-2-1-3-5-8/h1-7H/q-1/b7-6+. The molecule has 0 saturated carbocycles. The summed E-state index contributed by atoms with van der Waals surface area (Å²) in [5.41, 5.74) is 0.566. The molecule has 0 aliphatic rings. The topological polar surface area (TPSA) is 0 Å². The van der Waals surface area contributed by atoms with Gasteiger partial charge in [0.1, 0.15) is 0 Å². The van der Waals surface area contributed by atoms with Gasteiger partial charge in [0.05, 0.1) is 0 Å². The van der Waals surface area contributed by atoms with Gasteiger partial charge in [0.25, 0.3) is 0 Å². The molecule has 0 radical (unpaired) electrons. The first-order valence-electron chi connectivity index (χ1n) is 3.52. The molecule has 1 aromatic rings. The smallest absolute Gasteiger partial charge is 0.445 e. The molecule has 0 heterocycles. The quantitative estimate of drug-likeness (QED) is 0.599. The third-order valence-electron chi connectivity index (χ3n) is 1.31. The van der Waals surface area contributed by atoms with Crippen LogP contribution in [0.4, 0.5) is 12.9 Å². The lowest BCUT2D eigenvalue weighted by Crippen LogP contribution is -2.09. The van der Waals surface area contributed by atoms with Gasteiger partial charge in [0.2, 0.25) is 0 Å². The molecule has 4 heteroatoms. The highest BCUT2D eigenvalue weighted by molar-refractivity contribution is 6.64. The average molecular weight is 171 g/mol. The molecule has 0 spiro atoms. The number of halogens is 3. The van der Waals surface area contributed by atoms with Crippen molar-refractivity contribution >= 4 is 13.1 Å². The predicted octanol–water partition coefficient (Wildman–Crippen LogP) is 3.09. The SMILES string of the molecule is F[B-](F)(F)/C=C/c1ccccc1. The van der Waals surface area contributed by atoms with Crippen molar-refractivity contribution in [2.24, 2.45) is 0 Å². The molecule has 12 heavy (non-hydrogen) atoms. The van der Waals surface area contributed by atoms with Gasteiger partial charge in [-0.2, -0.15) is 0 Å². The van der Waals surface area contributed by atoms with Crippen LogP contribution in [0.25, 0.3) is 6.08 Å². The van der Waals surface area contributed by atoms with Crippen LogP contribution in [-0.4, -0.2) is 6.98 Å². The Balaban J connectivity index is 2.71. The van der Waals surface area contributed by atoms with Gasteiger partial charge >= 0.3 is 6.98 Å². The van der Waals surface area contributed by atoms with E-state index in [1.807, 2.05) is 0 Å². The molecule has 0 fully saturated rings. The lowest BCUT2D eigenvalue weighted by Gasteiger charge is -2.05. The van der Waals surface area contributed by atoms with Crippen molar-refractivity contribution in [3.05, 3.63) is 41.9 Å². The summed E-state index contributed by atoms with van der Waals surface area (Å²) in [4.78, 5) is 0. The number of benzene rings is 1. The zero-order valence-electron chi connectivity index (χ0n) is 6.25. The van der Waals surface area contributed by atoms with Crippen LogP contribution in [0.1, 0.15) is 5.56 Å². The van der Waals surface area contributed by atoms with Gasteiger partial charge in [-0.1, -0.05) is 36.4 Å². The summed E-state index contributed by atoms with van der Waals surface area (Å²) in [6.45, 7) is -4.81. The monoisotopic (exact) mass is 171 g/mol. The van der Waals surface area contributed by atoms with E-state index in [0.29, 0.717) is 5.56 Å². The Morgan fingerprint density at radius 2 is 1.58 bits per heavy atom. The molecule has 1 aromatic carbocycles. The minimum atomic E-state index is -4.81. The molecule has 0 amide bonds. The van der Waals surface area contributed by atoms with Gasteiger partial charge in [-0.25, -0.2) is 0 Å². The van der Waals surface area contributed by atoms with Crippen molar-refractivity contribution in [3.63, 3.8) is 0 Å². The predicted molar refractivity (Wildman–Crippen MR) is 44.6 cm³/mol. The first kappa shape index (κ1) is 8.91. The summed E-state index contributed by atoms with van der Waals surface area (Å²) >= 11 is 0. The van der Waals surface area contributed by atoms with E-state index in [4.69, 9.17) is 0 Å². The van der Waals surface area contributed by atoms with Crippen LogP contribution in [-0.2, 0) is 0 Å². The van der Waals surface area contributed by atoms with E-state index in [1.165, 1.54) is 0 Å². The van der Waals surface area contributed by atoms with Crippen LogP contribution in [0.3, 0.4) is 0 Å². The summed E-state index contributed by atoms with van der Waals surface area (Å²) in [6, 6.07) is 8.40. The minimum Gasteiger partial charge on any atom is -0.445 e. The molecule has 0 aliphatic carbocycles. The van der Waals surface area contributed by atoms with Crippen molar-refractivity contribution in [3.8, 4) is 0 Å². The maximum Gasteiger partial charge on any atom is 0.502 e. The zero-order chi connectivity index (χ0) is 9.03. The molecular weight excluding hydrogens is 164 g/mol. The van der Waals surface area contributed by atoms with Crippen LogP contribution in [0.15, 0.2) is 36.3 Å². The molecule has 0 aliphatic heterocycles. The van der Waals surface area contributed by atoms with Crippen molar-refractivity contribution < 1.29 is 12.9 Å². The summed E-state index contributed by atoms with van der Waals surface area (Å²) in [7, 11) is 0. The third-order valence-corrected chi connectivity index (χ3v) is 1.31. The average Bonchev–Trinajstić information content (AvgIpc) is 2.02. The highest BCUT2D eigenvalue weighted by atomic mass is 19.4. The molecule has 0 saturated heterocycles. The minimum absolute atomic E-state index is 0.287. The Morgan fingerprint density at radius 1 is 1.00 bits per heavy atom. The number of rotatable bonds is 2. The Hall–Kier alpha value is -1.19. The van der Waals surface area contributed by atoms with Crippen molar-refractivity contribution in [2.75, 3.05) is 0 Å². The Morgan fingerprint density at radius 3 is 2.08 bits per heavy atom. The second-order valence-electron chi connectivity index (χ2n) is 2.40. The van der Waals surface area contributed by atoms with Crippen LogP contribution in [0.2, 0.25) is 0 Å². The molecule has 0 aromatic heterocycles. The molecule has 0 nitrogen and oxygen atoms in total. The van der Waals surface area contributed by atoms with Gasteiger partial charge in [0, 0.05) is 0 Å². The summed E-state index contributed by atoms with van der Waals surface area (Å²) in [6.07, 6.45) is 1.07. The zero-order valence-corrected chi connectivity index (χ0v) is 6.25. The lowest BCUT2D eigenvalue weighted by atomic mass is 9.91. The molecule has 0 unspecified atom stereocenters. The Bertz CT molecular complexity index is 263. The number of hydrogen-bond donors (Lipinski definition) is 0. The van der Waals surface area contributed by atoms with Crippen LogP contribution >= 0.6 is 0 Å². The molecule has 64 valence electrons. The van der Waals surface area contributed by atoms with Gasteiger partial charge in [-0.15, -0.1) is 5.98 Å². The van der Waals surface area contributed by atoms with E-state index >= 15 is 0 Å². The van der Waals surface area contributed by atoms with Crippen molar-refractivity contribution in [2.45, 2.75) is 0 Å². The Labute approximate surface area is 68.8 Å². The Kier molecular flexibility index (Phi) is 2.58. The van der Waals surface area contributed by atoms with E-state index in [2.05, 4.69) is 0 Å². The fraction of sp³-hybridized carbons (Fsp3) is 0. The molecule has 0 bridgehead atoms. The van der Waals surface area contributed by atoms with Gasteiger partial charge in [-0.05, 0) is 5.56 Å². The van der Waals surface area contributed by atoms with Crippen molar-refractivity contribution in [1.29, 1.82) is 0 Å². The maximum absolute atomic E-state index is 11.7. The van der Waals surface area contributed by atoms with Gasteiger partial charge in [0.15, 0.2) is 0 Å². The first-order chi connectivity index (χ1) is 5.58.